The fraction of sp³-hybridized carbons (Fsp3) is 0.214. The zero-order chi connectivity index (χ0) is 24.8. The summed E-state index contributed by atoms with van der Waals surface area (Å²) in [6, 6.07) is 24.4. The predicted octanol–water partition coefficient (Wildman–Crippen LogP) is 4.30. The van der Waals surface area contributed by atoms with Crippen molar-refractivity contribution in [2.24, 2.45) is 0 Å². The maximum Gasteiger partial charge on any atom is 0.325 e. The lowest BCUT2D eigenvalue weighted by Crippen LogP contribution is -2.46. The second kappa shape index (κ2) is 10.3. The van der Waals surface area contributed by atoms with Gasteiger partial charge in [0.05, 0.1) is 6.54 Å². The van der Waals surface area contributed by atoms with Crippen LogP contribution in [0.4, 0.5) is 10.5 Å². The van der Waals surface area contributed by atoms with E-state index in [0.29, 0.717) is 23.2 Å². The van der Waals surface area contributed by atoms with Gasteiger partial charge in [0.15, 0.2) is 11.3 Å². The lowest BCUT2D eigenvalue weighted by molar-refractivity contribution is -0.131. The molecule has 2 N–H and O–H groups in total. The molecule has 0 aliphatic carbocycles. The number of hydrogen-bond donors (Lipinski definition) is 2. The molecule has 7 heteroatoms. The molecule has 1 aliphatic heterocycles. The van der Waals surface area contributed by atoms with Crippen molar-refractivity contribution in [3.63, 3.8) is 0 Å². The monoisotopic (exact) mass is 469 g/mol. The minimum absolute atomic E-state index is 0.0958. The van der Waals surface area contributed by atoms with E-state index in [2.05, 4.69) is 10.6 Å². The van der Waals surface area contributed by atoms with Gasteiger partial charge < -0.3 is 10.6 Å². The van der Waals surface area contributed by atoms with Crippen molar-refractivity contribution in [3.05, 3.63) is 102 Å². The highest BCUT2D eigenvalue weighted by molar-refractivity contribution is 6.11. The van der Waals surface area contributed by atoms with Crippen molar-refractivity contribution in [2.75, 3.05) is 11.9 Å². The number of amides is 4. The van der Waals surface area contributed by atoms with Gasteiger partial charge in [0, 0.05) is 24.1 Å². The van der Waals surface area contributed by atoms with Crippen LogP contribution in [0.15, 0.2) is 84.9 Å². The van der Waals surface area contributed by atoms with E-state index >= 15 is 0 Å². The first-order valence-electron chi connectivity index (χ1n) is 11.6. The number of anilines is 1. The highest BCUT2D eigenvalue weighted by Gasteiger charge is 2.52. The first-order valence-corrected chi connectivity index (χ1v) is 11.6. The number of imide groups is 1. The normalized spacial score (nSPS) is 17.2. The van der Waals surface area contributed by atoms with Crippen LogP contribution in [0.1, 0.15) is 41.3 Å². The summed E-state index contributed by atoms with van der Waals surface area (Å²) >= 11 is 0. The van der Waals surface area contributed by atoms with E-state index in [4.69, 9.17) is 0 Å². The number of benzene rings is 3. The molecular formula is C28H27N3O4. The third-order valence-corrected chi connectivity index (χ3v) is 6.02. The largest absolute Gasteiger partial charge is 0.326 e. The Kier molecular flexibility index (Phi) is 7.06. The summed E-state index contributed by atoms with van der Waals surface area (Å²) in [4.78, 5) is 52.4. The molecule has 4 rings (SSSR count). The Balaban J connectivity index is 1.55. The summed E-state index contributed by atoms with van der Waals surface area (Å²) in [6.45, 7) is 1.54. The molecule has 0 saturated carbocycles. The number of rotatable bonds is 9. The van der Waals surface area contributed by atoms with Crippen LogP contribution in [0.3, 0.4) is 0 Å². The summed E-state index contributed by atoms with van der Waals surface area (Å²) in [5.74, 6) is -0.931. The molecule has 1 heterocycles. The van der Waals surface area contributed by atoms with E-state index < -0.39 is 17.5 Å². The summed E-state index contributed by atoms with van der Waals surface area (Å²) in [5.41, 5.74) is 1.18. The van der Waals surface area contributed by atoms with Gasteiger partial charge in [-0.3, -0.25) is 19.3 Å². The second-order valence-electron chi connectivity index (χ2n) is 8.55. The number of hydrogen-bond acceptors (Lipinski definition) is 4. The van der Waals surface area contributed by atoms with Gasteiger partial charge >= 0.3 is 6.03 Å². The maximum absolute atomic E-state index is 13.7. The molecule has 1 saturated heterocycles. The third kappa shape index (κ3) is 5.14. The summed E-state index contributed by atoms with van der Waals surface area (Å²) in [5, 5.41) is 5.64. The molecule has 1 aliphatic rings. The van der Waals surface area contributed by atoms with E-state index in [1.807, 2.05) is 55.5 Å². The van der Waals surface area contributed by atoms with Crippen LogP contribution >= 0.6 is 0 Å². The molecule has 0 bridgehead atoms. The van der Waals surface area contributed by atoms with Crippen LogP contribution < -0.4 is 10.6 Å². The second-order valence-corrected chi connectivity index (χ2v) is 8.55. The van der Waals surface area contributed by atoms with Gasteiger partial charge in [0.2, 0.25) is 5.91 Å². The van der Waals surface area contributed by atoms with Crippen molar-refractivity contribution >= 4 is 29.3 Å². The van der Waals surface area contributed by atoms with E-state index in [1.54, 1.807) is 36.4 Å². The van der Waals surface area contributed by atoms with Crippen LogP contribution in [0.25, 0.3) is 0 Å². The molecule has 0 spiro atoms. The SMILES string of the molecule is CCCC(=O)Nc1ccc(C(=O)CN2C(=O)N[C@](Cc3ccccc3)(c3ccccc3)C2=O)cc1. The number of carbonyl (C=O) groups excluding carboxylic acids is 4. The number of nitrogens with zero attached hydrogens (tertiary/aromatic N) is 1. The first kappa shape index (κ1) is 23.9. The number of ketones is 1. The minimum Gasteiger partial charge on any atom is -0.326 e. The van der Waals surface area contributed by atoms with Gasteiger partial charge in [0.1, 0.15) is 0 Å². The molecule has 7 nitrogen and oxygen atoms in total. The number of urea groups is 1. The fourth-order valence-electron chi connectivity index (χ4n) is 4.24. The Bertz CT molecular complexity index is 1230. The average molecular weight is 470 g/mol. The molecule has 0 unspecified atom stereocenters. The van der Waals surface area contributed by atoms with E-state index in [1.165, 1.54) is 0 Å². The standard InChI is InChI=1S/C28H27N3O4/c1-2-9-25(33)29-23-16-14-21(15-17-23)24(32)19-31-26(34)28(30-27(31)35,22-12-7-4-8-13-22)18-20-10-5-3-6-11-20/h3-8,10-17H,2,9,18-19H2,1H3,(H,29,33)(H,30,35)/t28-/m1/s1. The Hall–Kier alpha value is -4.26. The van der Waals surface area contributed by atoms with Crippen LogP contribution in [-0.4, -0.2) is 35.1 Å². The third-order valence-electron chi connectivity index (χ3n) is 6.02. The predicted molar refractivity (Wildman–Crippen MR) is 133 cm³/mol. The number of Topliss-reactive ketones (excluding diaryl/α,β-unsaturated/α-hetero) is 1. The molecule has 35 heavy (non-hydrogen) atoms. The maximum atomic E-state index is 13.7. The number of carbonyl (C=O) groups is 4. The van der Waals surface area contributed by atoms with Gasteiger partial charge in [-0.05, 0) is 41.8 Å². The van der Waals surface area contributed by atoms with Gasteiger partial charge in [-0.15, -0.1) is 0 Å². The van der Waals surface area contributed by atoms with Crippen LogP contribution in [0, 0.1) is 0 Å². The smallest absolute Gasteiger partial charge is 0.325 e. The highest BCUT2D eigenvalue weighted by Crippen LogP contribution is 2.33. The Labute approximate surface area is 204 Å². The van der Waals surface area contributed by atoms with Crippen LogP contribution in [0.5, 0.6) is 0 Å². The molecule has 0 aromatic heterocycles. The van der Waals surface area contributed by atoms with Crippen molar-refractivity contribution < 1.29 is 19.2 Å². The van der Waals surface area contributed by atoms with E-state index in [9.17, 15) is 19.2 Å². The van der Waals surface area contributed by atoms with Gasteiger partial charge in [-0.2, -0.15) is 0 Å². The van der Waals surface area contributed by atoms with Crippen LogP contribution in [-0.2, 0) is 21.5 Å². The minimum atomic E-state index is -1.30. The van der Waals surface area contributed by atoms with Gasteiger partial charge in [0.25, 0.3) is 5.91 Å². The summed E-state index contributed by atoms with van der Waals surface area (Å²) < 4.78 is 0. The molecule has 3 aromatic carbocycles. The lowest BCUT2D eigenvalue weighted by Gasteiger charge is -2.27. The molecule has 3 aromatic rings. The Morgan fingerprint density at radius 1 is 0.886 bits per heavy atom. The zero-order valence-corrected chi connectivity index (χ0v) is 19.5. The van der Waals surface area contributed by atoms with E-state index in [0.717, 1.165) is 16.9 Å². The highest BCUT2D eigenvalue weighted by atomic mass is 16.2. The Morgan fingerprint density at radius 3 is 2.14 bits per heavy atom. The summed E-state index contributed by atoms with van der Waals surface area (Å²) in [6.07, 6.45) is 1.42. The van der Waals surface area contributed by atoms with Crippen molar-refractivity contribution in [3.8, 4) is 0 Å². The molecule has 178 valence electrons. The van der Waals surface area contributed by atoms with E-state index in [-0.39, 0.29) is 24.7 Å². The van der Waals surface area contributed by atoms with Crippen molar-refractivity contribution in [2.45, 2.75) is 31.7 Å². The first-order chi connectivity index (χ1) is 16.9. The van der Waals surface area contributed by atoms with Crippen molar-refractivity contribution in [1.29, 1.82) is 0 Å². The topological polar surface area (TPSA) is 95.6 Å². The molecule has 1 atom stereocenters. The van der Waals surface area contributed by atoms with Crippen molar-refractivity contribution in [1.82, 2.24) is 10.2 Å². The molecule has 1 fully saturated rings. The van der Waals surface area contributed by atoms with Gasteiger partial charge in [-0.1, -0.05) is 67.6 Å². The average Bonchev–Trinajstić information content (AvgIpc) is 3.10. The zero-order valence-electron chi connectivity index (χ0n) is 19.5. The fourth-order valence-corrected chi connectivity index (χ4v) is 4.24. The quantitative estimate of drug-likeness (QED) is 0.361. The lowest BCUT2D eigenvalue weighted by atomic mass is 9.83. The molecule has 0 radical (unpaired) electrons. The molecular weight excluding hydrogens is 442 g/mol. The van der Waals surface area contributed by atoms with Crippen LogP contribution in [0.2, 0.25) is 0 Å². The Morgan fingerprint density at radius 2 is 1.51 bits per heavy atom. The summed E-state index contributed by atoms with van der Waals surface area (Å²) in [7, 11) is 0. The molecule has 4 amide bonds. The van der Waals surface area contributed by atoms with Gasteiger partial charge in [-0.25, -0.2) is 4.79 Å². The number of nitrogens with one attached hydrogen (secondary N) is 2.